The van der Waals surface area contributed by atoms with Crippen molar-refractivity contribution in [3.63, 3.8) is 0 Å². The maximum Gasteiger partial charge on any atom is 0.239 e. The molecule has 0 saturated heterocycles. The average molecular weight is 265 g/mol. The first kappa shape index (κ1) is 15.0. The molecule has 6 nitrogen and oxygen atoms in total. The van der Waals surface area contributed by atoms with Crippen LogP contribution in [0.5, 0.6) is 5.75 Å². The summed E-state index contributed by atoms with van der Waals surface area (Å²) in [6.45, 7) is 2.71. The summed E-state index contributed by atoms with van der Waals surface area (Å²) in [5.41, 5.74) is 6.05. The van der Waals surface area contributed by atoms with Crippen LogP contribution in [-0.4, -0.2) is 31.5 Å². The zero-order valence-corrected chi connectivity index (χ0v) is 10.9. The zero-order valence-electron chi connectivity index (χ0n) is 10.9. The quantitative estimate of drug-likeness (QED) is 0.635. The lowest BCUT2D eigenvalue weighted by Gasteiger charge is -2.08. The number of ether oxygens (including phenoxy) is 1. The molecule has 6 heteroatoms. The van der Waals surface area contributed by atoms with Gasteiger partial charge in [-0.25, -0.2) is 0 Å². The second-order valence-electron chi connectivity index (χ2n) is 3.84. The van der Waals surface area contributed by atoms with Gasteiger partial charge in [0.15, 0.2) is 0 Å². The largest absolute Gasteiger partial charge is 0.494 e. The highest BCUT2D eigenvalue weighted by molar-refractivity contribution is 5.85. The number of rotatable bonds is 7. The van der Waals surface area contributed by atoms with Crippen molar-refractivity contribution < 1.29 is 14.3 Å². The number of hydrogen-bond donors (Lipinski definition) is 3. The molecule has 0 fully saturated rings. The van der Waals surface area contributed by atoms with Crippen molar-refractivity contribution in [1.29, 1.82) is 0 Å². The van der Waals surface area contributed by atoms with Crippen LogP contribution in [0.25, 0.3) is 0 Å². The monoisotopic (exact) mass is 265 g/mol. The first-order valence-electron chi connectivity index (χ1n) is 6.11. The summed E-state index contributed by atoms with van der Waals surface area (Å²) in [7, 11) is 0. The molecule has 0 aliphatic heterocycles. The van der Waals surface area contributed by atoms with E-state index < -0.39 is 0 Å². The average Bonchev–Trinajstić information content (AvgIpc) is 2.43. The van der Waals surface area contributed by atoms with E-state index in [1.54, 1.807) is 0 Å². The highest BCUT2D eigenvalue weighted by Gasteiger charge is 2.04. The predicted octanol–water partition coefficient (Wildman–Crippen LogP) is -0.224. The smallest absolute Gasteiger partial charge is 0.239 e. The Hall–Kier alpha value is -2.08. The Morgan fingerprint density at radius 3 is 2.74 bits per heavy atom. The van der Waals surface area contributed by atoms with E-state index in [1.165, 1.54) is 0 Å². The van der Waals surface area contributed by atoms with Gasteiger partial charge in [0.1, 0.15) is 5.75 Å². The van der Waals surface area contributed by atoms with Crippen molar-refractivity contribution in [2.75, 3.05) is 19.7 Å². The van der Waals surface area contributed by atoms with Gasteiger partial charge >= 0.3 is 0 Å². The molecule has 0 atom stereocenters. The zero-order chi connectivity index (χ0) is 14.1. The van der Waals surface area contributed by atoms with E-state index in [0.717, 1.165) is 11.3 Å². The van der Waals surface area contributed by atoms with Gasteiger partial charge in [-0.05, 0) is 24.6 Å². The fraction of sp³-hybridized carbons (Fsp3) is 0.385. The fourth-order valence-corrected chi connectivity index (χ4v) is 1.43. The molecule has 1 aromatic carbocycles. The molecule has 0 spiro atoms. The number of benzene rings is 1. The predicted molar refractivity (Wildman–Crippen MR) is 71.5 cm³/mol. The number of hydrogen-bond acceptors (Lipinski definition) is 4. The van der Waals surface area contributed by atoms with Gasteiger partial charge in [0.05, 0.1) is 19.7 Å². The van der Waals surface area contributed by atoms with E-state index in [4.69, 9.17) is 10.5 Å². The summed E-state index contributed by atoms with van der Waals surface area (Å²) >= 11 is 0. The van der Waals surface area contributed by atoms with Crippen LogP contribution in [0.4, 0.5) is 0 Å². The maximum atomic E-state index is 11.4. The van der Waals surface area contributed by atoms with Crippen LogP contribution in [0.3, 0.4) is 0 Å². The van der Waals surface area contributed by atoms with Gasteiger partial charge in [-0.1, -0.05) is 12.1 Å². The lowest BCUT2D eigenvalue weighted by molar-refractivity contribution is -0.125. The lowest BCUT2D eigenvalue weighted by atomic mass is 10.2. The molecule has 1 rings (SSSR count). The lowest BCUT2D eigenvalue weighted by Crippen LogP contribution is -2.39. The Morgan fingerprint density at radius 2 is 2.05 bits per heavy atom. The van der Waals surface area contributed by atoms with E-state index in [0.29, 0.717) is 13.2 Å². The molecule has 0 saturated carbocycles. The summed E-state index contributed by atoms with van der Waals surface area (Å²) in [6, 6.07) is 7.47. The molecular weight excluding hydrogens is 246 g/mol. The number of carbonyl (C=O) groups excluding carboxylic acids is 2. The van der Waals surface area contributed by atoms with Crippen molar-refractivity contribution in [3.05, 3.63) is 29.8 Å². The van der Waals surface area contributed by atoms with Crippen LogP contribution in [-0.2, 0) is 16.1 Å². The highest BCUT2D eigenvalue weighted by Crippen LogP contribution is 2.12. The van der Waals surface area contributed by atoms with E-state index in [-0.39, 0.29) is 24.9 Å². The van der Waals surface area contributed by atoms with Gasteiger partial charge in [-0.2, -0.15) is 0 Å². The second-order valence-corrected chi connectivity index (χ2v) is 3.84. The van der Waals surface area contributed by atoms with Crippen LogP contribution < -0.4 is 21.1 Å². The van der Waals surface area contributed by atoms with Gasteiger partial charge in [0.2, 0.25) is 11.8 Å². The second kappa shape index (κ2) is 8.10. The minimum atomic E-state index is -0.353. The first-order valence-corrected chi connectivity index (χ1v) is 6.11. The van der Waals surface area contributed by atoms with Gasteiger partial charge in [-0.15, -0.1) is 0 Å². The van der Waals surface area contributed by atoms with Crippen LogP contribution in [0, 0.1) is 0 Å². The maximum absolute atomic E-state index is 11.4. The molecule has 0 aliphatic rings. The Balaban J connectivity index is 2.37. The van der Waals surface area contributed by atoms with Crippen LogP contribution in [0.2, 0.25) is 0 Å². The van der Waals surface area contributed by atoms with Crippen LogP contribution >= 0.6 is 0 Å². The van der Waals surface area contributed by atoms with Crippen molar-refractivity contribution in [2.24, 2.45) is 5.73 Å². The summed E-state index contributed by atoms with van der Waals surface area (Å²) < 4.78 is 5.36. The number of nitrogens with two attached hydrogens (primary N) is 1. The molecule has 1 aromatic rings. The molecule has 0 heterocycles. The SMILES string of the molecule is CCOc1cccc(CNC(=O)CNC(=O)CN)c1. The highest BCUT2D eigenvalue weighted by atomic mass is 16.5. The normalized spacial score (nSPS) is 9.79. The molecule has 0 bridgehead atoms. The molecule has 0 aliphatic carbocycles. The van der Waals surface area contributed by atoms with E-state index in [9.17, 15) is 9.59 Å². The summed E-state index contributed by atoms with van der Waals surface area (Å²) in [5, 5.41) is 5.10. The third kappa shape index (κ3) is 5.87. The van der Waals surface area contributed by atoms with Gasteiger partial charge in [0.25, 0.3) is 0 Å². The van der Waals surface area contributed by atoms with Crippen molar-refractivity contribution in [2.45, 2.75) is 13.5 Å². The molecule has 4 N–H and O–H groups in total. The minimum absolute atomic E-state index is 0.0683. The Kier molecular flexibility index (Phi) is 6.38. The van der Waals surface area contributed by atoms with Crippen molar-refractivity contribution in [1.82, 2.24) is 10.6 Å². The van der Waals surface area contributed by atoms with Gasteiger partial charge < -0.3 is 21.1 Å². The van der Waals surface area contributed by atoms with Crippen LogP contribution in [0.1, 0.15) is 12.5 Å². The van der Waals surface area contributed by atoms with E-state index in [2.05, 4.69) is 10.6 Å². The Bertz CT molecular complexity index is 435. The number of nitrogens with one attached hydrogen (secondary N) is 2. The molecular formula is C13H19N3O3. The van der Waals surface area contributed by atoms with Gasteiger partial charge in [0, 0.05) is 6.54 Å². The molecule has 0 aromatic heterocycles. The third-order valence-corrected chi connectivity index (χ3v) is 2.33. The van der Waals surface area contributed by atoms with Gasteiger partial charge in [-0.3, -0.25) is 9.59 Å². The summed E-state index contributed by atoms with van der Waals surface area (Å²) in [4.78, 5) is 22.3. The molecule has 19 heavy (non-hydrogen) atoms. The molecule has 104 valence electrons. The van der Waals surface area contributed by atoms with Crippen LogP contribution in [0.15, 0.2) is 24.3 Å². The van der Waals surface area contributed by atoms with E-state index >= 15 is 0 Å². The fourth-order valence-electron chi connectivity index (χ4n) is 1.43. The molecule has 0 radical (unpaired) electrons. The van der Waals surface area contributed by atoms with Crippen molar-refractivity contribution >= 4 is 11.8 Å². The number of carbonyl (C=O) groups is 2. The third-order valence-electron chi connectivity index (χ3n) is 2.33. The van der Waals surface area contributed by atoms with E-state index in [1.807, 2.05) is 31.2 Å². The number of amides is 2. The summed E-state index contributed by atoms with van der Waals surface area (Å²) in [6.07, 6.45) is 0. The van der Waals surface area contributed by atoms with Crippen molar-refractivity contribution in [3.8, 4) is 5.75 Å². The molecule has 0 unspecified atom stereocenters. The first-order chi connectivity index (χ1) is 9.15. The Labute approximate surface area is 112 Å². The Morgan fingerprint density at radius 1 is 1.26 bits per heavy atom. The minimum Gasteiger partial charge on any atom is -0.494 e. The topological polar surface area (TPSA) is 93.5 Å². The standard InChI is InChI=1S/C13H19N3O3/c1-2-19-11-5-3-4-10(6-11)8-15-13(18)9-16-12(17)7-14/h3-6H,2,7-9,14H2,1H3,(H,15,18)(H,16,17). The summed E-state index contributed by atoms with van der Waals surface area (Å²) in [5.74, 6) is 0.155. The molecule has 2 amide bonds.